The van der Waals surface area contributed by atoms with E-state index in [1.807, 2.05) is 6.92 Å². The molecule has 10 heteroatoms. The molecule has 180 valence electrons. The van der Waals surface area contributed by atoms with Crippen LogP contribution < -0.4 is 9.62 Å². The van der Waals surface area contributed by atoms with E-state index in [1.54, 1.807) is 31.2 Å². The lowest BCUT2D eigenvalue weighted by Crippen LogP contribution is -2.51. The van der Waals surface area contributed by atoms with E-state index in [4.69, 9.17) is 0 Å². The van der Waals surface area contributed by atoms with Gasteiger partial charge < -0.3 is 10.2 Å². The number of sulfonamides is 1. The molecule has 1 N–H and O–H groups in total. The number of anilines is 1. The smallest absolute Gasteiger partial charge is 0.244 e. The van der Waals surface area contributed by atoms with Crippen LogP contribution in [0.25, 0.3) is 0 Å². The number of nitrogens with zero attached hydrogens (tertiary/aromatic N) is 2. The van der Waals surface area contributed by atoms with E-state index in [-0.39, 0.29) is 12.1 Å². The Hall–Kier alpha value is -2.46. The van der Waals surface area contributed by atoms with Gasteiger partial charge in [-0.05, 0) is 50.1 Å². The summed E-state index contributed by atoms with van der Waals surface area (Å²) >= 11 is 3.38. The highest BCUT2D eigenvalue weighted by Gasteiger charge is 2.30. The second-order valence-electron chi connectivity index (χ2n) is 7.78. The SMILES string of the molecule is CCCNC(=O)[C@@H](C)N(Cc1ccccc1F)C(=O)CN(c1ccc(Br)c(C)c1)S(C)(=O)=O. The Morgan fingerprint density at radius 2 is 1.85 bits per heavy atom. The van der Waals surface area contributed by atoms with Crippen molar-refractivity contribution in [3.63, 3.8) is 0 Å². The van der Waals surface area contributed by atoms with Crippen LogP contribution in [-0.4, -0.2) is 50.5 Å². The molecule has 0 spiro atoms. The van der Waals surface area contributed by atoms with Gasteiger partial charge in [0.15, 0.2) is 0 Å². The molecule has 0 bridgehead atoms. The van der Waals surface area contributed by atoms with Crippen LogP contribution in [-0.2, 0) is 26.2 Å². The summed E-state index contributed by atoms with van der Waals surface area (Å²) in [6.07, 6.45) is 1.72. The van der Waals surface area contributed by atoms with E-state index in [0.717, 1.165) is 20.6 Å². The zero-order valence-electron chi connectivity index (χ0n) is 19.1. The van der Waals surface area contributed by atoms with Gasteiger partial charge in [-0.25, -0.2) is 12.8 Å². The third kappa shape index (κ3) is 7.26. The van der Waals surface area contributed by atoms with Crippen molar-refractivity contribution in [1.82, 2.24) is 10.2 Å². The fraction of sp³-hybridized carbons (Fsp3) is 0.391. The summed E-state index contributed by atoms with van der Waals surface area (Å²) in [5.74, 6) is -1.53. The van der Waals surface area contributed by atoms with Gasteiger partial charge in [-0.15, -0.1) is 0 Å². The predicted molar refractivity (Wildman–Crippen MR) is 131 cm³/mol. The molecule has 0 unspecified atom stereocenters. The van der Waals surface area contributed by atoms with Gasteiger partial charge in [0.1, 0.15) is 18.4 Å². The molecule has 2 rings (SSSR count). The molecule has 0 saturated carbocycles. The number of halogens is 2. The van der Waals surface area contributed by atoms with Gasteiger partial charge in [-0.3, -0.25) is 13.9 Å². The first kappa shape index (κ1) is 26.8. The van der Waals surface area contributed by atoms with Crippen molar-refractivity contribution in [2.75, 3.05) is 23.7 Å². The minimum Gasteiger partial charge on any atom is -0.354 e. The van der Waals surface area contributed by atoms with Crippen LogP contribution in [0.2, 0.25) is 0 Å². The number of aryl methyl sites for hydroxylation is 1. The van der Waals surface area contributed by atoms with E-state index in [0.29, 0.717) is 18.7 Å². The van der Waals surface area contributed by atoms with Crippen molar-refractivity contribution in [3.8, 4) is 0 Å². The molecule has 0 heterocycles. The summed E-state index contributed by atoms with van der Waals surface area (Å²) in [6, 6.07) is 9.97. The summed E-state index contributed by atoms with van der Waals surface area (Å²) < 4.78 is 41.2. The molecule has 0 aromatic heterocycles. The van der Waals surface area contributed by atoms with Gasteiger partial charge in [-0.1, -0.05) is 41.1 Å². The van der Waals surface area contributed by atoms with Crippen LogP contribution in [0.15, 0.2) is 46.9 Å². The van der Waals surface area contributed by atoms with E-state index >= 15 is 0 Å². The van der Waals surface area contributed by atoms with E-state index in [2.05, 4.69) is 21.2 Å². The number of benzene rings is 2. The van der Waals surface area contributed by atoms with Crippen LogP contribution in [0.3, 0.4) is 0 Å². The highest BCUT2D eigenvalue weighted by Crippen LogP contribution is 2.25. The molecule has 0 fully saturated rings. The molecular formula is C23H29BrFN3O4S. The van der Waals surface area contributed by atoms with Gasteiger partial charge in [0.05, 0.1) is 11.9 Å². The lowest BCUT2D eigenvalue weighted by molar-refractivity contribution is -0.139. The van der Waals surface area contributed by atoms with Gasteiger partial charge in [-0.2, -0.15) is 0 Å². The van der Waals surface area contributed by atoms with Crippen LogP contribution in [0.5, 0.6) is 0 Å². The molecule has 0 aliphatic rings. The van der Waals surface area contributed by atoms with Crippen molar-refractivity contribution in [2.24, 2.45) is 0 Å². The topological polar surface area (TPSA) is 86.8 Å². The molecule has 33 heavy (non-hydrogen) atoms. The van der Waals surface area contributed by atoms with Crippen molar-refractivity contribution in [2.45, 2.75) is 39.8 Å². The van der Waals surface area contributed by atoms with Gasteiger partial charge in [0, 0.05) is 23.1 Å². The van der Waals surface area contributed by atoms with E-state index < -0.39 is 40.2 Å². The third-order valence-corrected chi connectivity index (χ3v) is 7.15. The van der Waals surface area contributed by atoms with Crippen molar-refractivity contribution in [3.05, 3.63) is 63.9 Å². The number of rotatable bonds is 10. The van der Waals surface area contributed by atoms with Crippen molar-refractivity contribution in [1.29, 1.82) is 0 Å². The third-order valence-electron chi connectivity index (χ3n) is 5.12. The molecule has 1 atom stereocenters. The Labute approximate surface area is 203 Å². The zero-order valence-corrected chi connectivity index (χ0v) is 21.5. The highest BCUT2D eigenvalue weighted by atomic mass is 79.9. The van der Waals surface area contributed by atoms with Gasteiger partial charge >= 0.3 is 0 Å². The lowest BCUT2D eigenvalue weighted by Gasteiger charge is -2.31. The molecule has 7 nitrogen and oxygen atoms in total. The van der Waals surface area contributed by atoms with E-state index in [1.165, 1.54) is 30.0 Å². The van der Waals surface area contributed by atoms with Crippen molar-refractivity contribution < 1.29 is 22.4 Å². The quantitative estimate of drug-likeness (QED) is 0.497. The minimum absolute atomic E-state index is 0.177. The number of carbonyl (C=O) groups excluding carboxylic acids is 2. The lowest BCUT2D eigenvalue weighted by atomic mass is 10.1. The second kappa shape index (κ2) is 11.6. The fourth-order valence-corrected chi connectivity index (χ4v) is 4.27. The molecular weight excluding hydrogens is 513 g/mol. The Bertz CT molecular complexity index is 1110. The first-order chi connectivity index (χ1) is 15.5. The average molecular weight is 542 g/mol. The number of nitrogens with one attached hydrogen (secondary N) is 1. The largest absolute Gasteiger partial charge is 0.354 e. The van der Waals surface area contributed by atoms with Crippen LogP contribution >= 0.6 is 15.9 Å². The Kier molecular flexibility index (Phi) is 9.42. The molecule has 2 aromatic carbocycles. The maximum absolute atomic E-state index is 14.3. The monoisotopic (exact) mass is 541 g/mol. The number of carbonyl (C=O) groups is 2. The highest BCUT2D eigenvalue weighted by molar-refractivity contribution is 9.10. The van der Waals surface area contributed by atoms with E-state index in [9.17, 15) is 22.4 Å². The number of hydrogen-bond acceptors (Lipinski definition) is 4. The fourth-order valence-electron chi connectivity index (χ4n) is 3.19. The van der Waals surface area contributed by atoms with Crippen LogP contribution in [0, 0.1) is 12.7 Å². The van der Waals surface area contributed by atoms with Crippen LogP contribution in [0.4, 0.5) is 10.1 Å². The van der Waals surface area contributed by atoms with Crippen LogP contribution in [0.1, 0.15) is 31.4 Å². The van der Waals surface area contributed by atoms with Crippen molar-refractivity contribution >= 4 is 43.5 Å². The molecule has 0 saturated heterocycles. The molecule has 2 amide bonds. The molecule has 0 aliphatic carbocycles. The minimum atomic E-state index is -3.82. The molecule has 0 aliphatic heterocycles. The maximum atomic E-state index is 14.3. The summed E-state index contributed by atoms with van der Waals surface area (Å²) in [4.78, 5) is 27.2. The number of amides is 2. The molecule has 2 aromatic rings. The maximum Gasteiger partial charge on any atom is 0.244 e. The Morgan fingerprint density at radius 3 is 2.42 bits per heavy atom. The summed E-state index contributed by atoms with van der Waals surface area (Å²) in [6.45, 7) is 4.97. The second-order valence-corrected chi connectivity index (χ2v) is 10.5. The molecule has 0 radical (unpaired) electrons. The average Bonchev–Trinajstić information content (AvgIpc) is 2.75. The zero-order chi connectivity index (χ0) is 24.8. The number of hydrogen-bond donors (Lipinski definition) is 1. The Morgan fingerprint density at radius 1 is 1.18 bits per heavy atom. The summed E-state index contributed by atoms with van der Waals surface area (Å²) in [7, 11) is -3.82. The Balaban J connectivity index is 2.40. The summed E-state index contributed by atoms with van der Waals surface area (Å²) in [5, 5.41) is 2.73. The first-order valence-electron chi connectivity index (χ1n) is 10.5. The van der Waals surface area contributed by atoms with Gasteiger partial charge in [0.2, 0.25) is 21.8 Å². The normalized spacial score (nSPS) is 12.2. The standard InChI is InChI=1S/C23H29BrFN3O4S/c1-5-12-26-23(30)17(3)27(14-18-8-6-7-9-21(18)25)22(29)15-28(33(4,31)32)19-10-11-20(24)16(2)13-19/h6-11,13,17H,5,12,14-15H2,1-4H3,(H,26,30)/t17-/m1/s1. The predicted octanol–water partition coefficient (Wildman–Crippen LogP) is 3.61. The first-order valence-corrected chi connectivity index (χ1v) is 13.1. The van der Waals surface area contributed by atoms with Gasteiger partial charge in [0.25, 0.3) is 0 Å². The summed E-state index contributed by atoms with van der Waals surface area (Å²) in [5.41, 5.74) is 1.34.